The van der Waals surface area contributed by atoms with Crippen LogP contribution in [0.4, 0.5) is 0 Å². The van der Waals surface area contributed by atoms with Gasteiger partial charge in [0, 0.05) is 18.3 Å². The van der Waals surface area contributed by atoms with E-state index in [9.17, 15) is 24.3 Å². The molecule has 3 amide bonds. The van der Waals surface area contributed by atoms with E-state index in [0.717, 1.165) is 0 Å². The molecule has 0 saturated heterocycles. The standard InChI is InChI=1S/C19H32N6O5S/c1-11(2)6-14(23-16(26)8-20)17(27)25-15(7-12-9-21-10-22-12)18(28)24-13(19(29)30)4-5-31-3/h9-11,13-15H,4-8,20H2,1-3H3,(H,21,22)(H,23,26)(H,24,28)(H,25,27)(H,29,30). The molecule has 0 aliphatic rings. The first-order valence-corrected chi connectivity index (χ1v) is 11.4. The van der Waals surface area contributed by atoms with Crippen molar-refractivity contribution >= 4 is 35.5 Å². The molecule has 0 aromatic carbocycles. The van der Waals surface area contributed by atoms with Crippen LogP contribution in [0.3, 0.4) is 0 Å². The van der Waals surface area contributed by atoms with Crippen molar-refractivity contribution in [2.75, 3.05) is 18.6 Å². The monoisotopic (exact) mass is 456 g/mol. The van der Waals surface area contributed by atoms with Gasteiger partial charge >= 0.3 is 5.97 Å². The number of carboxylic acid groups (broad SMARTS) is 1. The predicted molar refractivity (Wildman–Crippen MR) is 117 cm³/mol. The number of aromatic amines is 1. The fourth-order valence-electron chi connectivity index (χ4n) is 2.82. The average molecular weight is 457 g/mol. The molecule has 1 heterocycles. The number of carbonyl (C=O) groups excluding carboxylic acids is 3. The number of hydrogen-bond acceptors (Lipinski definition) is 7. The number of H-pyrrole nitrogens is 1. The molecule has 0 spiro atoms. The number of hydrogen-bond donors (Lipinski definition) is 6. The maximum absolute atomic E-state index is 12.9. The van der Waals surface area contributed by atoms with Gasteiger partial charge in [0.15, 0.2) is 0 Å². The molecule has 7 N–H and O–H groups in total. The molecule has 12 heteroatoms. The van der Waals surface area contributed by atoms with Gasteiger partial charge in [-0.15, -0.1) is 0 Å². The van der Waals surface area contributed by atoms with Crippen LogP contribution in [-0.4, -0.2) is 75.4 Å². The van der Waals surface area contributed by atoms with E-state index in [1.165, 1.54) is 24.3 Å². The van der Waals surface area contributed by atoms with Crippen molar-refractivity contribution in [1.82, 2.24) is 25.9 Å². The van der Waals surface area contributed by atoms with Gasteiger partial charge < -0.3 is 31.8 Å². The number of thioether (sulfide) groups is 1. The van der Waals surface area contributed by atoms with Gasteiger partial charge in [-0.1, -0.05) is 13.8 Å². The first-order valence-electron chi connectivity index (χ1n) is 9.97. The second-order valence-corrected chi connectivity index (χ2v) is 8.46. The Kier molecular flexibility index (Phi) is 11.6. The van der Waals surface area contributed by atoms with Crippen molar-refractivity contribution in [2.45, 2.75) is 51.2 Å². The maximum Gasteiger partial charge on any atom is 0.326 e. The maximum atomic E-state index is 12.9. The molecule has 0 saturated carbocycles. The minimum absolute atomic E-state index is 0.0751. The molecule has 0 aliphatic carbocycles. The Bertz CT molecular complexity index is 727. The molecular formula is C19H32N6O5S. The van der Waals surface area contributed by atoms with E-state index in [0.29, 0.717) is 17.9 Å². The summed E-state index contributed by atoms with van der Waals surface area (Å²) in [5.74, 6) is -2.18. The Hall–Kier alpha value is -2.60. The van der Waals surface area contributed by atoms with E-state index in [1.807, 2.05) is 20.1 Å². The molecule has 3 atom stereocenters. The smallest absolute Gasteiger partial charge is 0.326 e. The van der Waals surface area contributed by atoms with Crippen LogP contribution in [0.5, 0.6) is 0 Å². The molecule has 1 aromatic heterocycles. The third-order valence-electron chi connectivity index (χ3n) is 4.38. The predicted octanol–water partition coefficient (Wildman–Crippen LogP) is -0.751. The van der Waals surface area contributed by atoms with Crippen molar-refractivity contribution in [3.8, 4) is 0 Å². The fourth-order valence-corrected chi connectivity index (χ4v) is 3.29. The van der Waals surface area contributed by atoms with Crippen LogP contribution in [-0.2, 0) is 25.6 Å². The molecule has 0 aliphatic heterocycles. The Labute approximate surface area is 185 Å². The van der Waals surface area contributed by atoms with Gasteiger partial charge in [0.05, 0.1) is 12.9 Å². The molecule has 1 aromatic rings. The van der Waals surface area contributed by atoms with Gasteiger partial charge in [0.25, 0.3) is 0 Å². The van der Waals surface area contributed by atoms with Gasteiger partial charge in [-0.2, -0.15) is 11.8 Å². The third kappa shape index (κ3) is 9.83. The van der Waals surface area contributed by atoms with Crippen molar-refractivity contribution in [1.29, 1.82) is 0 Å². The number of imidazole rings is 1. The van der Waals surface area contributed by atoms with Crippen LogP contribution in [0.25, 0.3) is 0 Å². The lowest BCUT2D eigenvalue weighted by molar-refractivity contribution is -0.142. The number of aromatic nitrogens is 2. The van der Waals surface area contributed by atoms with E-state index in [2.05, 4.69) is 25.9 Å². The Morgan fingerprint density at radius 2 is 1.77 bits per heavy atom. The fraction of sp³-hybridized carbons (Fsp3) is 0.632. The summed E-state index contributed by atoms with van der Waals surface area (Å²) in [5.41, 5.74) is 5.92. The highest BCUT2D eigenvalue weighted by Gasteiger charge is 2.30. The topological polar surface area (TPSA) is 179 Å². The summed E-state index contributed by atoms with van der Waals surface area (Å²) >= 11 is 1.47. The van der Waals surface area contributed by atoms with Crippen LogP contribution < -0.4 is 21.7 Å². The number of nitrogens with one attached hydrogen (secondary N) is 4. The minimum Gasteiger partial charge on any atom is -0.480 e. The summed E-state index contributed by atoms with van der Waals surface area (Å²) in [6, 6.07) is -3.02. The van der Waals surface area contributed by atoms with Crippen LogP contribution >= 0.6 is 11.8 Å². The molecule has 11 nitrogen and oxygen atoms in total. The second-order valence-electron chi connectivity index (χ2n) is 7.48. The van der Waals surface area contributed by atoms with Crippen LogP contribution in [0.1, 0.15) is 32.4 Å². The van der Waals surface area contributed by atoms with Crippen LogP contribution in [0.2, 0.25) is 0 Å². The first kappa shape index (κ1) is 26.4. The zero-order chi connectivity index (χ0) is 23.4. The number of nitrogens with two attached hydrogens (primary N) is 1. The lowest BCUT2D eigenvalue weighted by Gasteiger charge is -2.25. The van der Waals surface area contributed by atoms with E-state index in [-0.39, 0.29) is 25.3 Å². The molecule has 0 bridgehead atoms. The molecule has 3 unspecified atom stereocenters. The number of aliphatic carboxylic acids is 1. The minimum atomic E-state index is -1.15. The summed E-state index contributed by atoms with van der Waals surface area (Å²) in [5, 5.41) is 17.1. The van der Waals surface area contributed by atoms with Crippen molar-refractivity contribution in [3.63, 3.8) is 0 Å². The number of carbonyl (C=O) groups is 4. The number of amides is 3. The average Bonchev–Trinajstić information content (AvgIpc) is 3.22. The van der Waals surface area contributed by atoms with E-state index in [4.69, 9.17) is 5.73 Å². The van der Waals surface area contributed by atoms with Crippen LogP contribution in [0, 0.1) is 5.92 Å². The lowest BCUT2D eigenvalue weighted by atomic mass is 10.0. The Morgan fingerprint density at radius 1 is 1.13 bits per heavy atom. The molecular weight excluding hydrogens is 424 g/mol. The normalized spacial score (nSPS) is 13.8. The van der Waals surface area contributed by atoms with Gasteiger partial charge in [0.2, 0.25) is 17.7 Å². The van der Waals surface area contributed by atoms with Crippen LogP contribution in [0.15, 0.2) is 12.5 Å². The quantitative estimate of drug-likeness (QED) is 0.211. The van der Waals surface area contributed by atoms with E-state index >= 15 is 0 Å². The summed E-state index contributed by atoms with van der Waals surface area (Å²) in [7, 11) is 0. The molecule has 0 fully saturated rings. The third-order valence-corrected chi connectivity index (χ3v) is 5.03. The first-order chi connectivity index (χ1) is 14.7. The van der Waals surface area contributed by atoms with Gasteiger partial charge in [-0.05, 0) is 30.8 Å². The van der Waals surface area contributed by atoms with Crippen molar-refractivity contribution in [3.05, 3.63) is 18.2 Å². The van der Waals surface area contributed by atoms with Crippen molar-refractivity contribution < 1.29 is 24.3 Å². The van der Waals surface area contributed by atoms with E-state index < -0.39 is 41.8 Å². The second kappa shape index (κ2) is 13.7. The molecule has 174 valence electrons. The van der Waals surface area contributed by atoms with Gasteiger partial charge in [-0.3, -0.25) is 14.4 Å². The zero-order valence-electron chi connectivity index (χ0n) is 18.0. The largest absolute Gasteiger partial charge is 0.480 e. The number of nitrogens with zero attached hydrogens (tertiary/aromatic N) is 1. The molecule has 31 heavy (non-hydrogen) atoms. The van der Waals surface area contributed by atoms with Crippen molar-refractivity contribution in [2.24, 2.45) is 11.7 Å². The summed E-state index contributed by atoms with van der Waals surface area (Å²) in [4.78, 5) is 55.7. The number of carboxylic acids is 1. The summed E-state index contributed by atoms with van der Waals surface area (Å²) in [6.07, 6.45) is 5.46. The number of rotatable bonds is 14. The highest BCUT2D eigenvalue weighted by atomic mass is 32.2. The highest BCUT2D eigenvalue weighted by Crippen LogP contribution is 2.08. The molecule has 0 radical (unpaired) electrons. The Morgan fingerprint density at radius 3 is 2.29 bits per heavy atom. The lowest BCUT2D eigenvalue weighted by Crippen LogP contribution is -2.57. The van der Waals surface area contributed by atoms with E-state index in [1.54, 1.807) is 0 Å². The Balaban J connectivity index is 2.99. The highest BCUT2D eigenvalue weighted by molar-refractivity contribution is 7.98. The summed E-state index contributed by atoms with van der Waals surface area (Å²) in [6.45, 7) is 3.52. The van der Waals surface area contributed by atoms with Gasteiger partial charge in [-0.25, -0.2) is 9.78 Å². The van der Waals surface area contributed by atoms with Gasteiger partial charge in [0.1, 0.15) is 18.1 Å². The summed E-state index contributed by atoms with van der Waals surface area (Å²) < 4.78 is 0. The SMILES string of the molecule is CSCCC(NC(=O)C(Cc1cnc[nH]1)NC(=O)C(CC(C)C)NC(=O)CN)C(=O)O. The molecule has 1 rings (SSSR count). The zero-order valence-corrected chi connectivity index (χ0v) is 18.8.